The van der Waals surface area contributed by atoms with E-state index in [9.17, 15) is 5.26 Å². The lowest BCUT2D eigenvalue weighted by atomic mass is 9.80. The maximum atomic E-state index is 9.70. The number of nitriles is 1. The Bertz CT molecular complexity index is 655. The van der Waals surface area contributed by atoms with Gasteiger partial charge in [0.05, 0.1) is 11.5 Å². The molecule has 0 aromatic heterocycles. The lowest BCUT2D eigenvalue weighted by molar-refractivity contribution is 0.418. The number of benzene rings is 2. The van der Waals surface area contributed by atoms with Crippen molar-refractivity contribution in [3.05, 3.63) is 69.2 Å². The number of halogens is 2. The molecule has 3 heteroatoms. The van der Waals surface area contributed by atoms with Gasteiger partial charge in [-0.1, -0.05) is 53.5 Å². The Hall–Kier alpha value is -1.49. The Morgan fingerprint density at radius 1 is 0.950 bits per heavy atom. The van der Waals surface area contributed by atoms with Crippen LogP contribution in [0.1, 0.15) is 16.7 Å². The second-order valence-electron chi connectivity index (χ2n) is 5.39. The van der Waals surface area contributed by atoms with Gasteiger partial charge in [0.15, 0.2) is 0 Å². The summed E-state index contributed by atoms with van der Waals surface area (Å²) in [5.41, 5.74) is 2.97. The van der Waals surface area contributed by atoms with E-state index in [1.165, 1.54) is 11.1 Å². The summed E-state index contributed by atoms with van der Waals surface area (Å²) < 4.78 is 0. The molecule has 0 N–H and O–H groups in total. The molecule has 0 saturated carbocycles. The van der Waals surface area contributed by atoms with Crippen LogP contribution in [0.4, 0.5) is 0 Å². The fourth-order valence-corrected chi connectivity index (χ4v) is 3.51. The third-order valence-corrected chi connectivity index (χ3v) is 4.70. The Morgan fingerprint density at radius 2 is 1.50 bits per heavy atom. The lowest BCUT2D eigenvalue weighted by Gasteiger charge is -2.21. The molecule has 0 unspecified atom stereocenters. The largest absolute Gasteiger partial charge is 0.198 e. The molecule has 0 aliphatic heterocycles. The predicted molar refractivity (Wildman–Crippen MR) is 82.1 cm³/mol. The fraction of sp³-hybridized carbons (Fsp3) is 0.235. The van der Waals surface area contributed by atoms with Gasteiger partial charge in [0.25, 0.3) is 0 Å². The average molecular weight is 302 g/mol. The molecule has 0 fully saturated rings. The highest BCUT2D eigenvalue weighted by molar-refractivity contribution is 6.36. The van der Waals surface area contributed by atoms with Gasteiger partial charge in [-0.3, -0.25) is 0 Å². The minimum absolute atomic E-state index is 0.432. The molecule has 2 aromatic carbocycles. The summed E-state index contributed by atoms with van der Waals surface area (Å²) in [4.78, 5) is 0. The molecular weight excluding hydrogens is 289 g/mol. The van der Waals surface area contributed by atoms with Crippen molar-refractivity contribution in [2.75, 3.05) is 0 Å². The zero-order chi connectivity index (χ0) is 14.2. The van der Waals surface area contributed by atoms with Crippen molar-refractivity contribution in [2.24, 2.45) is 5.41 Å². The third kappa shape index (κ3) is 2.30. The van der Waals surface area contributed by atoms with Gasteiger partial charge in [-0.25, -0.2) is 0 Å². The molecule has 0 saturated heterocycles. The number of hydrogen-bond acceptors (Lipinski definition) is 1. The fourth-order valence-electron chi connectivity index (χ4n) is 2.98. The number of hydrogen-bond donors (Lipinski definition) is 0. The van der Waals surface area contributed by atoms with Crippen molar-refractivity contribution in [2.45, 2.75) is 19.3 Å². The molecule has 2 aromatic rings. The summed E-state index contributed by atoms with van der Waals surface area (Å²) in [5, 5.41) is 11.0. The number of rotatable bonds is 2. The van der Waals surface area contributed by atoms with Crippen LogP contribution in [0.15, 0.2) is 42.5 Å². The molecule has 1 aliphatic rings. The van der Waals surface area contributed by atoms with Crippen LogP contribution >= 0.6 is 23.2 Å². The average Bonchev–Trinajstić information content (AvgIpc) is 2.82. The van der Waals surface area contributed by atoms with Crippen LogP contribution < -0.4 is 0 Å². The van der Waals surface area contributed by atoms with Crippen molar-refractivity contribution in [1.29, 1.82) is 5.26 Å². The Labute approximate surface area is 128 Å². The summed E-state index contributed by atoms with van der Waals surface area (Å²) in [6.45, 7) is 0. The quantitative estimate of drug-likeness (QED) is 0.778. The topological polar surface area (TPSA) is 23.8 Å². The van der Waals surface area contributed by atoms with Crippen molar-refractivity contribution < 1.29 is 0 Å². The third-order valence-electron chi connectivity index (χ3n) is 3.99. The van der Waals surface area contributed by atoms with Crippen LogP contribution in [0.5, 0.6) is 0 Å². The number of fused-ring (bicyclic) bond motifs is 1. The van der Waals surface area contributed by atoms with Gasteiger partial charge in [0.2, 0.25) is 0 Å². The molecule has 100 valence electrons. The van der Waals surface area contributed by atoms with Crippen molar-refractivity contribution >= 4 is 23.2 Å². The molecule has 0 amide bonds. The zero-order valence-corrected chi connectivity index (χ0v) is 12.4. The highest BCUT2D eigenvalue weighted by Crippen LogP contribution is 2.41. The van der Waals surface area contributed by atoms with Crippen molar-refractivity contribution in [1.82, 2.24) is 0 Å². The zero-order valence-electron chi connectivity index (χ0n) is 10.9. The summed E-state index contributed by atoms with van der Waals surface area (Å²) in [7, 11) is 0. The lowest BCUT2D eigenvalue weighted by Crippen LogP contribution is -2.22. The molecule has 0 atom stereocenters. The molecule has 0 spiro atoms. The first-order valence-electron chi connectivity index (χ1n) is 6.54. The summed E-state index contributed by atoms with van der Waals surface area (Å²) in [6.07, 6.45) is 2.12. The van der Waals surface area contributed by atoms with E-state index >= 15 is 0 Å². The highest BCUT2D eigenvalue weighted by atomic mass is 35.5. The van der Waals surface area contributed by atoms with Crippen LogP contribution in [0.2, 0.25) is 10.0 Å². The van der Waals surface area contributed by atoms with E-state index in [1.54, 1.807) is 0 Å². The Balaban J connectivity index is 1.96. The standard InChI is InChI=1S/C17H13Cl2N/c18-15-6-3-7-16(19)14(15)10-17(11-20)8-12-4-1-2-5-13(12)9-17/h1-7H,8-10H2. The van der Waals surface area contributed by atoms with Gasteiger partial charge in [0.1, 0.15) is 0 Å². The van der Waals surface area contributed by atoms with Crippen LogP contribution in [0.25, 0.3) is 0 Å². The van der Waals surface area contributed by atoms with Crippen LogP contribution in [0, 0.1) is 16.7 Å². The van der Waals surface area contributed by atoms with E-state index in [0.29, 0.717) is 16.5 Å². The van der Waals surface area contributed by atoms with E-state index in [-0.39, 0.29) is 0 Å². The van der Waals surface area contributed by atoms with E-state index < -0.39 is 5.41 Å². The van der Waals surface area contributed by atoms with E-state index in [4.69, 9.17) is 23.2 Å². The first-order valence-corrected chi connectivity index (χ1v) is 7.30. The molecular formula is C17H13Cl2N. The Morgan fingerprint density at radius 3 is 2.00 bits per heavy atom. The molecule has 1 nitrogen and oxygen atoms in total. The summed E-state index contributed by atoms with van der Waals surface area (Å²) in [6, 6.07) is 16.2. The van der Waals surface area contributed by atoms with Crippen LogP contribution in [-0.2, 0) is 19.3 Å². The molecule has 0 bridgehead atoms. The van der Waals surface area contributed by atoms with Crippen molar-refractivity contribution in [3.63, 3.8) is 0 Å². The minimum Gasteiger partial charge on any atom is -0.198 e. The van der Waals surface area contributed by atoms with Gasteiger partial charge < -0.3 is 0 Å². The van der Waals surface area contributed by atoms with E-state index in [0.717, 1.165) is 18.4 Å². The summed E-state index contributed by atoms with van der Waals surface area (Å²) >= 11 is 12.5. The van der Waals surface area contributed by atoms with Gasteiger partial charge >= 0.3 is 0 Å². The molecule has 3 rings (SSSR count). The van der Waals surface area contributed by atoms with Crippen LogP contribution in [0.3, 0.4) is 0 Å². The molecule has 20 heavy (non-hydrogen) atoms. The van der Waals surface area contributed by atoms with E-state index in [1.807, 2.05) is 30.3 Å². The van der Waals surface area contributed by atoms with Crippen molar-refractivity contribution in [3.8, 4) is 6.07 Å². The normalized spacial score (nSPS) is 15.7. The van der Waals surface area contributed by atoms with Gasteiger partial charge in [0, 0.05) is 10.0 Å². The SMILES string of the molecule is N#CC1(Cc2c(Cl)cccc2Cl)Cc2ccccc2C1. The maximum absolute atomic E-state index is 9.70. The Kier molecular flexibility index (Phi) is 3.46. The number of nitrogens with zero attached hydrogens (tertiary/aromatic N) is 1. The smallest absolute Gasteiger partial charge is 0.0700 e. The molecule has 1 aliphatic carbocycles. The highest BCUT2D eigenvalue weighted by Gasteiger charge is 2.38. The predicted octanol–water partition coefficient (Wildman–Crippen LogP) is 4.84. The second kappa shape index (κ2) is 5.13. The van der Waals surface area contributed by atoms with E-state index in [2.05, 4.69) is 18.2 Å². The summed E-state index contributed by atoms with van der Waals surface area (Å²) in [5.74, 6) is 0. The second-order valence-corrected chi connectivity index (χ2v) is 6.21. The molecule has 0 heterocycles. The monoisotopic (exact) mass is 301 g/mol. The van der Waals surface area contributed by atoms with Gasteiger partial charge in [-0.05, 0) is 48.1 Å². The van der Waals surface area contributed by atoms with Gasteiger partial charge in [-0.2, -0.15) is 5.26 Å². The first kappa shape index (κ1) is 13.5. The minimum atomic E-state index is -0.432. The first-order chi connectivity index (χ1) is 9.63. The van der Waals surface area contributed by atoms with Gasteiger partial charge in [-0.15, -0.1) is 0 Å². The molecule has 0 radical (unpaired) electrons. The van der Waals surface area contributed by atoms with Crippen LogP contribution in [-0.4, -0.2) is 0 Å². The maximum Gasteiger partial charge on any atom is 0.0700 e.